The number of rotatable bonds is 5. The number of hydrogen-bond donors (Lipinski definition) is 2. The number of amides is 1. The second-order valence-corrected chi connectivity index (χ2v) is 17.2. The number of aliphatic carboxylic acids is 1. The number of methoxy groups -OCH3 is 1. The maximum Gasteiger partial charge on any atom is 0.411 e. The normalized spacial score (nSPS) is 44.0. The number of ether oxygens (including phenoxy) is 2. The molecule has 10 atom stereocenters. The van der Waals surface area contributed by atoms with Crippen LogP contribution in [0.1, 0.15) is 113 Å². The minimum Gasteiger partial charge on any atom is -0.497 e. The van der Waals surface area contributed by atoms with E-state index in [9.17, 15) is 14.7 Å². The Balaban J connectivity index is 1.23. The van der Waals surface area contributed by atoms with Gasteiger partial charge in [0, 0.05) is 11.1 Å². The van der Waals surface area contributed by atoms with Crippen LogP contribution in [0.15, 0.2) is 24.3 Å². The van der Waals surface area contributed by atoms with E-state index in [4.69, 9.17) is 9.47 Å². The Morgan fingerprint density at radius 1 is 0.841 bits per heavy atom. The van der Waals surface area contributed by atoms with Gasteiger partial charge in [-0.25, -0.2) is 4.79 Å². The number of carbonyl (C=O) groups excluding carboxylic acids is 1. The predicted molar refractivity (Wildman–Crippen MR) is 174 cm³/mol. The van der Waals surface area contributed by atoms with E-state index in [-0.39, 0.29) is 33.9 Å². The van der Waals surface area contributed by atoms with Crippen molar-refractivity contribution in [2.75, 3.05) is 12.4 Å². The van der Waals surface area contributed by atoms with Gasteiger partial charge in [0.15, 0.2) is 0 Å². The highest BCUT2D eigenvalue weighted by molar-refractivity contribution is 5.84. The minimum absolute atomic E-state index is 0.133. The van der Waals surface area contributed by atoms with Crippen molar-refractivity contribution in [3.8, 4) is 5.75 Å². The van der Waals surface area contributed by atoms with Crippen molar-refractivity contribution >= 4 is 17.7 Å². The van der Waals surface area contributed by atoms with Crippen LogP contribution >= 0.6 is 0 Å². The van der Waals surface area contributed by atoms with Gasteiger partial charge in [0.2, 0.25) is 0 Å². The zero-order valence-corrected chi connectivity index (χ0v) is 28.5. The van der Waals surface area contributed by atoms with Gasteiger partial charge < -0.3 is 14.6 Å². The standard InChI is InChI=1S/C38H57NO5/c1-23(2)26-15-20-38(32(40)41)22-21-36(6)27(31(26)38)13-14-29-35(5)18-17-30(34(3,4)28(35)16-19-37(29,36)7)44-33(42)39-24-9-11-25(43-8)12-10-24/h9-12,23,26-31H,13-22H2,1-8H3,(H,39,42)(H,40,41)/t26?,27?,28?,29?,30-,31?,35+,36-,37?,38+/m1/s1. The van der Waals surface area contributed by atoms with Crippen LogP contribution in [-0.4, -0.2) is 30.4 Å². The Morgan fingerprint density at radius 2 is 1.55 bits per heavy atom. The molecule has 6 unspecified atom stereocenters. The van der Waals surface area contributed by atoms with Gasteiger partial charge >= 0.3 is 12.1 Å². The van der Waals surface area contributed by atoms with Gasteiger partial charge in [0.05, 0.1) is 12.5 Å². The lowest BCUT2D eigenvalue weighted by Gasteiger charge is -2.72. The van der Waals surface area contributed by atoms with Crippen molar-refractivity contribution in [3.63, 3.8) is 0 Å². The smallest absolute Gasteiger partial charge is 0.411 e. The van der Waals surface area contributed by atoms with Crippen LogP contribution in [0.25, 0.3) is 0 Å². The molecule has 0 aromatic heterocycles. The third kappa shape index (κ3) is 4.38. The molecule has 6 heteroatoms. The average Bonchev–Trinajstić information content (AvgIpc) is 3.37. The summed E-state index contributed by atoms with van der Waals surface area (Å²) in [6.07, 6.45) is 9.93. The van der Waals surface area contributed by atoms with Crippen molar-refractivity contribution in [1.29, 1.82) is 0 Å². The van der Waals surface area contributed by atoms with Crippen molar-refractivity contribution in [1.82, 2.24) is 0 Å². The molecular weight excluding hydrogens is 550 g/mol. The molecule has 6 nitrogen and oxygen atoms in total. The van der Waals surface area contributed by atoms with Gasteiger partial charge in [0.25, 0.3) is 0 Å². The van der Waals surface area contributed by atoms with Crippen molar-refractivity contribution in [3.05, 3.63) is 24.3 Å². The molecule has 2 N–H and O–H groups in total. The van der Waals surface area contributed by atoms with Crippen LogP contribution < -0.4 is 10.1 Å². The fraction of sp³-hybridized carbons (Fsp3) is 0.789. The highest BCUT2D eigenvalue weighted by Gasteiger charge is 2.72. The third-order valence-corrected chi connectivity index (χ3v) is 15.3. The minimum atomic E-state index is -0.522. The maximum absolute atomic E-state index is 13.1. The molecule has 5 saturated carbocycles. The molecule has 5 aliphatic rings. The molecule has 244 valence electrons. The first-order valence-electron chi connectivity index (χ1n) is 17.5. The molecule has 0 aliphatic heterocycles. The van der Waals surface area contributed by atoms with E-state index < -0.39 is 11.4 Å². The van der Waals surface area contributed by atoms with Crippen molar-refractivity contribution < 1.29 is 24.2 Å². The molecule has 1 amide bonds. The SMILES string of the molecule is COc1ccc(NC(=O)O[C@@H]2CC[C@@]3(C)C(CCC4(C)C3CCC3C5C(C(C)C)CC[C@]5(C(=O)O)CC[C@]34C)C2(C)C)cc1. The van der Waals surface area contributed by atoms with Gasteiger partial charge in [-0.1, -0.05) is 48.5 Å². The number of fused-ring (bicyclic) bond motifs is 7. The molecule has 5 aliphatic carbocycles. The third-order valence-electron chi connectivity index (χ3n) is 15.3. The molecule has 1 aromatic carbocycles. The largest absolute Gasteiger partial charge is 0.497 e. The van der Waals surface area contributed by atoms with Gasteiger partial charge in [0.1, 0.15) is 11.9 Å². The summed E-state index contributed by atoms with van der Waals surface area (Å²) in [7, 11) is 1.63. The summed E-state index contributed by atoms with van der Waals surface area (Å²) in [5.74, 6) is 3.12. The lowest BCUT2D eigenvalue weighted by Crippen LogP contribution is -2.67. The Kier molecular flexibility index (Phi) is 7.68. The molecule has 0 spiro atoms. The van der Waals surface area contributed by atoms with Gasteiger partial charge in [-0.05, 0) is 140 Å². The van der Waals surface area contributed by atoms with Crippen LogP contribution in [0.2, 0.25) is 0 Å². The van der Waals surface area contributed by atoms with Crippen molar-refractivity contribution in [2.45, 2.75) is 119 Å². The quantitative estimate of drug-likeness (QED) is 0.348. The van der Waals surface area contributed by atoms with Crippen LogP contribution in [0.3, 0.4) is 0 Å². The molecule has 0 radical (unpaired) electrons. The highest BCUT2D eigenvalue weighted by atomic mass is 16.6. The summed E-state index contributed by atoms with van der Waals surface area (Å²) in [4.78, 5) is 26.0. The summed E-state index contributed by atoms with van der Waals surface area (Å²) in [5, 5.41) is 13.6. The van der Waals surface area contributed by atoms with Crippen LogP contribution in [0.5, 0.6) is 5.75 Å². The topological polar surface area (TPSA) is 84.9 Å². The highest BCUT2D eigenvalue weighted by Crippen LogP contribution is 2.77. The number of carboxylic acids is 1. The number of carbonyl (C=O) groups is 2. The van der Waals surface area contributed by atoms with E-state index in [1.807, 2.05) is 24.3 Å². The predicted octanol–water partition coefficient (Wildman–Crippen LogP) is 9.43. The molecule has 1 aromatic rings. The Labute approximate surface area is 265 Å². The fourth-order valence-corrected chi connectivity index (χ4v) is 12.9. The first-order chi connectivity index (χ1) is 20.6. The first kappa shape index (κ1) is 31.7. The van der Waals surface area contributed by atoms with Crippen LogP contribution in [-0.2, 0) is 9.53 Å². The van der Waals surface area contributed by atoms with E-state index in [1.165, 1.54) is 12.8 Å². The van der Waals surface area contributed by atoms with E-state index in [0.717, 1.165) is 57.1 Å². The summed E-state index contributed by atoms with van der Waals surface area (Å²) in [6.45, 7) is 17.1. The number of benzene rings is 1. The fourth-order valence-electron chi connectivity index (χ4n) is 12.9. The summed E-state index contributed by atoms with van der Waals surface area (Å²) < 4.78 is 11.4. The van der Waals surface area contributed by atoms with Gasteiger partial charge in [-0.3, -0.25) is 10.1 Å². The van der Waals surface area contributed by atoms with E-state index in [0.29, 0.717) is 41.2 Å². The number of carboxylic acid groups (broad SMARTS) is 1. The number of anilines is 1. The molecular formula is C38H57NO5. The monoisotopic (exact) mass is 607 g/mol. The number of hydrogen-bond acceptors (Lipinski definition) is 4. The molecule has 0 heterocycles. The summed E-state index contributed by atoms with van der Waals surface area (Å²) in [5.41, 5.74) is 0.557. The van der Waals surface area contributed by atoms with Gasteiger partial charge in [-0.2, -0.15) is 0 Å². The molecule has 0 saturated heterocycles. The zero-order valence-electron chi connectivity index (χ0n) is 28.5. The Bertz CT molecular complexity index is 1270. The lowest BCUT2D eigenvalue weighted by molar-refractivity contribution is -0.249. The van der Waals surface area contributed by atoms with Crippen molar-refractivity contribution in [2.24, 2.45) is 62.6 Å². The molecule has 5 fully saturated rings. The molecule has 44 heavy (non-hydrogen) atoms. The maximum atomic E-state index is 13.1. The lowest BCUT2D eigenvalue weighted by atomic mass is 9.32. The average molecular weight is 608 g/mol. The molecule has 0 bridgehead atoms. The first-order valence-corrected chi connectivity index (χ1v) is 17.5. The Morgan fingerprint density at radius 3 is 2.18 bits per heavy atom. The second-order valence-electron chi connectivity index (χ2n) is 17.2. The van der Waals surface area contributed by atoms with Crippen LogP contribution in [0.4, 0.5) is 10.5 Å². The molecule has 6 rings (SSSR count). The zero-order chi connectivity index (χ0) is 31.9. The van der Waals surface area contributed by atoms with E-state index in [2.05, 4.69) is 53.8 Å². The van der Waals surface area contributed by atoms with E-state index in [1.54, 1.807) is 7.11 Å². The second kappa shape index (κ2) is 10.7. The van der Waals surface area contributed by atoms with Crippen LogP contribution in [0, 0.1) is 62.6 Å². The summed E-state index contributed by atoms with van der Waals surface area (Å²) in [6, 6.07) is 7.35. The summed E-state index contributed by atoms with van der Waals surface area (Å²) >= 11 is 0. The Hall–Kier alpha value is -2.24. The van der Waals surface area contributed by atoms with E-state index >= 15 is 0 Å². The number of nitrogens with one attached hydrogen (secondary N) is 1. The van der Waals surface area contributed by atoms with Gasteiger partial charge in [-0.15, -0.1) is 0 Å².